The Kier molecular flexibility index (Phi) is 5.86. The number of fused-ring (bicyclic) bond motifs is 1. The van der Waals surface area contributed by atoms with E-state index in [0.717, 1.165) is 11.4 Å². The highest BCUT2D eigenvalue weighted by molar-refractivity contribution is 6.10. The van der Waals surface area contributed by atoms with E-state index in [2.05, 4.69) is 36.2 Å². The minimum absolute atomic E-state index is 0.0839. The number of anilines is 3. The monoisotopic (exact) mass is 456 g/mol. The summed E-state index contributed by atoms with van der Waals surface area (Å²) in [5.74, 6) is 0.275. The van der Waals surface area contributed by atoms with Crippen LogP contribution >= 0.6 is 0 Å². The van der Waals surface area contributed by atoms with Crippen LogP contribution in [0, 0.1) is 12.8 Å². The van der Waals surface area contributed by atoms with Crippen LogP contribution in [0.5, 0.6) is 0 Å². The van der Waals surface area contributed by atoms with Gasteiger partial charge in [-0.05, 0) is 72.2 Å². The molecule has 172 valence electrons. The number of hydrogen-bond donors (Lipinski definition) is 2. The van der Waals surface area contributed by atoms with Gasteiger partial charge in [0.05, 0.1) is 11.3 Å². The molecule has 3 heterocycles. The van der Waals surface area contributed by atoms with Crippen LogP contribution in [0.1, 0.15) is 28.8 Å². The number of aryl methyl sites for hydroxylation is 1. The van der Waals surface area contributed by atoms with E-state index in [1.54, 1.807) is 18.2 Å². The first kappa shape index (κ1) is 21.5. The van der Waals surface area contributed by atoms with Gasteiger partial charge in [0.1, 0.15) is 0 Å². The standard InChI is InChI=1S/C24H24N8O2/c1-16-5-4-6-18(15-16)25-24(34)19-7-2-3-8-20(19)26-23(33)17-11-13-31(14-12-17)22-10-9-21-27-29-30-32(21)28-22/h2-10,15,17H,11-14H2,1H3,(H,25,34)(H,26,33). The zero-order chi connectivity index (χ0) is 23.5. The SMILES string of the molecule is Cc1cccc(NC(=O)c2ccccc2NC(=O)C2CCN(c3ccc4nnnn4n3)CC2)c1. The molecular weight excluding hydrogens is 432 g/mol. The lowest BCUT2D eigenvalue weighted by atomic mass is 9.95. The van der Waals surface area contributed by atoms with Crippen molar-refractivity contribution in [3.63, 3.8) is 0 Å². The van der Waals surface area contributed by atoms with Gasteiger partial charge < -0.3 is 15.5 Å². The molecule has 5 rings (SSSR count). The predicted molar refractivity (Wildman–Crippen MR) is 128 cm³/mol. The number of tetrazole rings is 1. The maximum absolute atomic E-state index is 13.0. The molecule has 2 aromatic carbocycles. The number of aromatic nitrogens is 5. The van der Waals surface area contributed by atoms with Crippen molar-refractivity contribution >= 4 is 34.7 Å². The van der Waals surface area contributed by atoms with Gasteiger partial charge in [0.25, 0.3) is 5.91 Å². The topological polar surface area (TPSA) is 117 Å². The number of carbonyl (C=O) groups is 2. The largest absolute Gasteiger partial charge is 0.355 e. The second-order valence-electron chi connectivity index (χ2n) is 8.34. The first-order valence-corrected chi connectivity index (χ1v) is 11.1. The van der Waals surface area contributed by atoms with Crippen LogP contribution in [0.3, 0.4) is 0 Å². The second-order valence-corrected chi connectivity index (χ2v) is 8.34. The van der Waals surface area contributed by atoms with E-state index in [9.17, 15) is 9.59 Å². The Bertz CT molecular complexity index is 1340. The summed E-state index contributed by atoms with van der Waals surface area (Å²) in [6, 6.07) is 18.4. The number of amides is 2. The number of carbonyl (C=O) groups excluding carboxylic acids is 2. The molecule has 0 unspecified atom stereocenters. The third kappa shape index (κ3) is 4.56. The summed E-state index contributed by atoms with van der Waals surface area (Å²) in [6.07, 6.45) is 1.36. The fourth-order valence-corrected chi connectivity index (χ4v) is 4.13. The molecule has 2 aromatic heterocycles. The van der Waals surface area contributed by atoms with Crippen molar-refractivity contribution in [1.82, 2.24) is 25.3 Å². The van der Waals surface area contributed by atoms with Crippen molar-refractivity contribution in [3.05, 3.63) is 71.8 Å². The van der Waals surface area contributed by atoms with Crippen LogP contribution in [0.25, 0.3) is 5.65 Å². The van der Waals surface area contributed by atoms with Gasteiger partial charge in [0.2, 0.25) is 5.91 Å². The van der Waals surface area contributed by atoms with Crippen LogP contribution in [-0.2, 0) is 4.79 Å². The molecule has 1 aliphatic rings. The number of benzene rings is 2. The van der Waals surface area contributed by atoms with Crippen molar-refractivity contribution in [2.45, 2.75) is 19.8 Å². The highest BCUT2D eigenvalue weighted by Crippen LogP contribution is 2.25. The van der Waals surface area contributed by atoms with E-state index in [4.69, 9.17) is 0 Å². The summed E-state index contributed by atoms with van der Waals surface area (Å²) in [7, 11) is 0. The summed E-state index contributed by atoms with van der Waals surface area (Å²) in [4.78, 5) is 28.0. The smallest absolute Gasteiger partial charge is 0.257 e. The van der Waals surface area contributed by atoms with Crippen molar-refractivity contribution in [1.29, 1.82) is 0 Å². The van der Waals surface area contributed by atoms with Crippen LogP contribution in [0.15, 0.2) is 60.7 Å². The molecule has 2 amide bonds. The van der Waals surface area contributed by atoms with Gasteiger partial charge in [0, 0.05) is 24.7 Å². The van der Waals surface area contributed by atoms with Crippen LogP contribution < -0.4 is 15.5 Å². The number of rotatable bonds is 5. The number of nitrogens with one attached hydrogen (secondary N) is 2. The molecule has 10 heteroatoms. The maximum atomic E-state index is 13.0. The van der Waals surface area contributed by atoms with Gasteiger partial charge in [-0.3, -0.25) is 9.59 Å². The minimum atomic E-state index is -0.264. The summed E-state index contributed by atoms with van der Waals surface area (Å²) < 4.78 is 1.40. The Hall–Kier alpha value is -4.34. The number of para-hydroxylation sites is 1. The van der Waals surface area contributed by atoms with Crippen molar-refractivity contribution in [2.75, 3.05) is 28.6 Å². The second kappa shape index (κ2) is 9.26. The first-order chi connectivity index (χ1) is 16.6. The van der Waals surface area contributed by atoms with Gasteiger partial charge in [0.15, 0.2) is 11.5 Å². The molecule has 34 heavy (non-hydrogen) atoms. The highest BCUT2D eigenvalue weighted by Gasteiger charge is 2.27. The predicted octanol–water partition coefficient (Wildman–Crippen LogP) is 2.94. The van der Waals surface area contributed by atoms with Gasteiger partial charge >= 0.3 is 0 Å². The fraction of sp³-hybridized carbons (Fsp3) is 0.250. The molecule has 0 radical (unpaired) electrons. The summed E-state index contributed by atoms with van der Waals surface area (Å²) in [6.45, 7) is 3.34. The van der Waals surface area contributed by atoms with E-state index in [-0.39, 0.29) is 17.7 Å². The Morgan fingerprint density at radius 3 is 2.62 bits per heavy atom. The Labute approximate surface area is 196 Å². The average molecular weight is 457 g/mol. The minimum Gasteiger partial charge on any atom is -0.355 e. The summed E-state index contributed by atoms with van der Waals surface area (Å²) >= 11 is 0. The molecule has 10 nitrogen and oxygen atoms in total. The van der Waals surface area contributed by atoms with E-state index in [1.807, 2.05) is 49.4 Å². The molecule has 4 aromatic rings. The Balaban J connectivity index is 1.22. The zero-order valence-electron chi connectivity index (χ0n) is 18.7. The third-order valence-electron chi connectivity index (χ3n) is 5.95. The molecular formula is C24H24N8O2. The molecule has 1 saturated heterocycles. The van der Waals surface area contributed by atoms with Gasteiger partial charge in [-0.15, -0.1) is 14.8 Å². The number of nitrogens with zero attached hydrogens (tertiary/aromatic N) is 6. The molecule has 0 atom stereocenters. The highest BCUT2D eigenvalue weighted by atomic mass is 16.2. The average Bonchev–Trinajstić information content (AvgIpc) is 3.32. The molecule has 1 aliphatic heterocycles. The van der Waals surface area contributed by atoms with Crippen molar-refractivity contribution in [2.24, 2.45) is 5.92 Å². The maximum Gasteiger partial charge on any atom is 0.257 e. The van der Waals surface area contributed by atoms with Crippen LogP contribution in [-0.4, -0.2) is 50.2 Å². The summed E-state index contributed by atoms with van der Waals surface area (Å²) in [5.41, 5.74) is 3.29. The van der Waals surface area contributed by atoms with Gasteiger partial charge in [-0.1, -0.05) is 24.3 Å². The third-order valence-corrected chi connectivity index (χ3v) is 5.95. The number of hydrogen-bond acceptors (Lipinski definition) is 7. The molecule has 0 spiro atoms. The molecule has 2 N–H and O–H groups in total. The normalized spacial score (nSPS) is 14.2. The van der Waals surface area contributed by atoms with Crippen LogP contribution in [0.4, 0.5) is 17.2 Å². The van der Waals surface area contributed by atoms with E-state index in [1.165, 1.54) is 4.63 Å². The quantitative estimate of drug-likeness (QED) is 0.474. The lowest BCUT2D eigenvalue weighted by Crippen LogP contribution is -2.39. The first-order valence-electron chi connectivity index (χ1n) is 11.1. The van der Waals surface area contributed by atoms with E-state index in [0.29, 0.717) is 48.5 Å². The molecule has 1 fully saturated rings. The summed E-state index contributed by atoms with van der Waals surface area (Å²) in [5, 5.41) is 21.6. The Morgan fingerprint density at radius 2 is 1.79 bits per heavy atom. The Morgan fingerprint density at radius 1 is 0.971 bits per heavy atom. The molecule has 0 aliphatic carbocycles. The van der Waals surface area contributed by atoms with Crippen LogP contribution in [0.2, 0.25) is 0 Å². The fourth-order valence-electron chi connectivity index (χ4n) is 4.13. The van der Waals surface area contributed by atoms with Crippen molar-refractivity contribution < 1.29 is 9.59 Å². The van der Waals surface area contributed by atoms with Crippen molar-refractivity contribution in [3.8, 4) is 0 Å². The molecule has 0 saturated carbocycles. The van der Waals surface area contributed by atoms with Gasteiger partial charge in [-0.2, -0.15) is 0 Å². The lowest BCUT2D eigenvalue weighted by molar-refractivity contribution is -0.120. The van der Waals surface area contributed by atoms with Gasteiger partial charge in [-0.25, -0.2) is 0 Å². The molecule has 0 bridgehead atoms. The zero-order valence-corrected chi connectivity index (χ0v) is 18.7. The van der Waals surface area contributed by atoms with E-state index >= 15 is 0 Å². The van der Waals surface area contributed by atoms with E-state index < -0.39 is 0 Å². The lowest BCUT2D eigenvalue weighted by Gasteiger charge is -2.32. The number of piperidine rings is 1.